The normalized spacial score (nSPS) is 12.3. The zero-order valence-corrected chi connectivity index (χ0v) is 12.5. The number of halogens is 1. The Morgan fingerprint density at radius 1 is 1.33 bits per heavy atom. The Balaban J connectivity index is 1.85. The van der Waals surface area contributed by atoms with Crippen LogP contribution in [0.2, 0.25) is 4.34 Å². The van der Waals surface area contributed by atoms with Gasteiger partial charge < -0.3 is 11.1 Å². The third-order valence-corrected chi connectivity index (χ3v) is 4.04. The maximum atomic E-state index is 5.94. The lowest BCUT2D eigenvalue weighted by atomic mass is 10.3. The summed E-state index contributed by atoms with van der Waals surface area (Å²) in [4.78, 5) is 17.3. The topological polar surface area (TPSA) is 107 Å². The van der Waals surface area contributed by atoms with Crippen molar-refractivity contribution in [2.75, 3.05) is 11.1 Å². The summed E-state index contributed by atoms with van der Waals surface area (Å²) in [6.45, 7) is 1.98. The van der Waals surface area contributed by atoms with Crippen molar-refractivity contribution >= 4 is 34.8 Å². The van der Waals surface area contributed by atoms with Gasteiger partial charge in [-0.2, -0.15) is 24.7 Å². The molecule has 3 N–H and O–H groups in total. The van der Waals surface area contributed by atoms with Gasteiger partial charge in [-0.25, -0.2) is 4.98 Å². The molecule has 3 rings (SSSR count). The van der Waals surface area contributed by atoms with Crippen LogP contribution in [0.25, 0.3) is 5.95 Å². The Kier molecular flexibility index (Phi) is 3.67. The minimum atomic E-state index is -0.00658. The average Bonchev–Trinajstić information content (AvgIpc) is 3.08. The molecule has 10 heteroatoms. The number of anilines is 2. The number of thiophene rings is 1. The molecule has 0 aliphatic rings. The maximum Gasteiger partial charge on any atom is 0.258 e. The minimum Gasteiger partial charge on any atom is -0.368 e. The van der Waals surface area contributed by atoms with Crippen LogP contribution < -0.4 is 11.1 Å². The standard InChI is InChI=1S/C11H11ClN8S/c1-6(7-2-3-8(12)21-7)16-10-17-9(13)18-11(19-10)20-5-14-4-15-20/h2-6H,1H3,(H3,13,16,17,18,19). The number of nitrogens with zero attached hydrogens (tertiary/aromatic N) is 6. The number of nitrogens with one attached hydrogen (secondary N) is 1. The fourth-order valence-electron chi connectivity index (χ4n) is 1.68. The average molecular weight is 323 g/mol. The molecule has 0 fully saturated rings. The Bertz CT molecular complexity index is 741. The van der Waals surface area contributed by atoms with Gasteiger partial charge >= 0.3 is 0 Å². The highest BCUT2D eigenvalue weighted by Gasteiger charge is 2.12. The molecule has 0 saturated carbocycles. The van der Waals surface area contributed by atoms with Gasteiger partial charge in [0.05, 0.1) is 10.4 Å². The summed E-state index contributed by atoms with van der Waals surface area (Å²) in [6, 6.07) is 3.79. The van der Waals surface area contributed by atoms with Gasteiger partial charge in [-0.1, -0.05) is 11.6 Å². The summed E-state index contributed by atoms with van der Waals surface area (Å²) >= 11 is 7.43. The molecule has 0 radical (unpaired) electrons. The quantitative estimate of drug-likeness (QED) is 0.755. The molecule has 0 amide bonds. The van der Waals surface area contributed by atoms with E-state index in [9.17, 15) is 0 Å². The van der Waals surface area contributed by atoms with E-state index >= 15 is 0 Å². The fraction of sp³-hybridized carbons (Fsp3) is 0.182. The first kappa shape index (κ1) is 13.7. The molecule has 0 saturated heterocycles. The van der Waals surface area contributed by atoms with Crippen LogP contribution >= 0.6 is 22.9 Å². The second-order valence-electron chi connectivity index (χ2n) is 4.17. The molecule has 1 unspecified atom stereocenters. The van der Waals surface area contributed by atoms with Crippen LogP contribution in [0.1, 0.15) is 17.8 Å². The molecular weight excluding hydrogens is 312 g/mol. The highest BCUT2D eigenvalue weighted by atomic mass is 35.5. The van der Waals surface area contributed by atoms with Gasteiger partial charge in [0, 0.05) is 4.88 Å². The molecule has 3 heterocycles. The van der Waals surface area contributed by atoms with Crippen molar-refractivity contribution in [1.82, 2.24) is 29.7 Å². The fourth-order valence-corrected chi connectivity index (χ4v) is 2.75. The summed E-state index contributed by atoms with van der Waals surface area (Å²) in [5.74, 6) is 0.776. The van der Waals surface area contributed by atoms with E-state index in [2.05, 4.69) is 30.4 Å². The van der Waals surface area contributed by atoms with E-state index in [1.165, 1.54) is 28.7 Å². The smallest absolute Gasteiger partial charge is 0.258 e. The van der Waals surface area contributed by atoms with E-state index in [-0.39, 0.29) is 12.0 Å². The number of nitrogen functional groups attached to an aromatic ring is 1. The third-order valence-electron chi connectivity index (χ3n) is 2.63. The van der Waals surface area contributed by atoms with Crippen LogP contribution in [0, 0.1) is 0 Å². The lowest BCUT2D eigenvalue weighted by Crippen LogP contribution is -2.13. The lowest BCUT2D eigenvalue weighted by Gasteiger charge is -2.12. The molecule has 8 nitrogen and oxygen atoms in total. The van der Waals surface area contributed by atoms with Crippen LogP contribution in [-0.4, -0.2) is 29.7 Å². The van der Waals surface area contributed by atoms with Gasteiger partial charge in [-0.05, 0) is 19.1 Å². The number of hydrogen-bond acceptors (Lipinski definition) is 8. The predicted molar refractivity (Wildman–Crippen MR) is 80.5 cm³/mol. The molecule has 108 valence electrons. The Morgan fingerprint density at radius 2 is 2.19 bits per heavy atom. The minimum absolute atomic E-state index is 0.00658. The number of hydrogen-bond donors (Lipinski definition) is 2. The molecule has 0 spiro atoms. The van der Waals surface area contributed by atoms with E-state index < -0.39 is 0 Å². The molecule has 0 aliphatic carbocycles. The Labute approximate surface area is 129 Å². The molecule has 3 aromatic rings. The van der Waals surface area contributed by atoms with Gasteiger partial charge in [-0.15, -0.1) is 11.3 Å². The second-order valence-corrected chi connectivity index (χ2v) is 5.91. The SMILES string of the molecule is CC(Nc1nc(N)nc(-n2cncn2)n1)c1ccc(Cl)s1. The first-order chi connectivity index (χ1) is 10.1. The number of nitrogens with two attached hydrogens (primary N) is 1. The first-order valence-electron chi connectivity index (χ1n) is 6.00. The van der Waals surface area contributed by atoms with Crippen molar-refractivity contribution in [3.63, 3.8) is 0 Å². The van der Waals surface area contributed by atoms with Gasteiger partial charge in [0.2, 0.25) is 11.9 Å². The van der Waals surface area contributed by atoms with Crippen molar-refractivity contribution in [2.24, 2.45) is 0 Å². The number of rotatable bonds is 4. The molecular formula is C11H11ClN8S. The van der Waals surface area contributed by atoms with Crippen molar-refractivity contribution < 1.29 is 0 Å². The largest absolute Gasteiger partial charge is 0.368 e. The first-order valence-corrected chi connectivity index (χ1v) is 7.19. The third kappa shape index (κ3) is 3.09. The van der Waals surface area contributed by atoms with Crippen LogP contribution in [0.15, 0.2) is 24.8 Å². The Morgan fingerprint density at radius 3 is 2.86 bits per heavy atom. The van der Waals surface area contributed by atoms with Crippen molar-refractivity contribution in [1.29, 1.82) is 0 Å². The second kappa shape index (κ2) is 5.62. The molecule has 0 bridgehead atoms. The Hall–Kier alpha value is -2.26. The van der Waals surface area contributed by atoms with E-state index in [1.54, 1.807) is 0 Å². The van der Waals surface area contributed by atoms with Gasteiger partial charge in [0.1, 0.15) is 12.7 Å². The van der Waals surface area contributed by atoms with Gasteiger partial charge in [0.15, 0.2) is 0 Å². The molecule has 3 aromatic heterocycles. The van der Waals surface area contributed by atoms with Crippen LogP contribution in [0.4, 0.5) is 11.9 Å². The summed E-state index contributed by atoms with van der Waals surface area (Å²) < 4.78 is 2.15. The highest BCUT2D eigenvalue weighted by Crippen LogP contribution is 2.28. The lowest BCUT2D eigenvalue weighted by molar-refractivity contribution is 0.788. The monoisotopic (exact) mass is 322 g/mol. The number of aromatic nitrogens is 6. The van der Waals surface area contributed by atoms with E-state index in [4.69, 9.17) is 17.3 Å². The van der Waals surface area contributed by atoms with E-state index in [0.29, 0.717) is 11.9 Å². The van der Waals surface area contributed by atoms with Crippen LogP contribution in [0.3, 0.4) is 0 Å². The van der Waals surface area contributed by atoms with Crippen LogP contribution in [0.5, 0.6) is 0 Å². The van der Waals surface area contributed by atoms with Gasteiger partial charge in [-0.3, -0.25) is 0 Å². The van der Waals surface area contributed by atoms with Crippen LogP contribution in [-0.2, 0) is 0 Å². The summed E-state index contributed by atoms with van der Waals surface area (Å²) in [5.41, 5.74) is 5.70. The van der Waals surface area contributed by atoms with Crippen molar-refractivity contribution in [3.05, 3.63) is 34.0 Å². The summed E-state index contributed by atoms with van der Waals surface area (Å²) in [5, 5.41) is 7.13. The molecule has 1 atom stereocenters. The predicted octanol–water partition coefficient (Wildman–Crippen LogP) is 1.92. The van der Waals surface area contributed by atoms with E-state index in [1.807, 2.05) is 19.1 Å². The highest BCUT2D eigenvalue weighted by molar-refractivity contribution is 7.16. The maximum absolute atomic E-state index is 5.94. The molecule has 0 aliphatic heterocycles. The molecule has 0 aromatic carbocycles. The van der Waals surface area contributed by atoms with Crippen molar-refractivity contribution in [2.45, 2.75) is 13.0 Å². The van der Waals surface area contributed by atoms with Crippen molar-refractivity contribution in [3.8, 4) is 5.95 Å². The summed E-state index contributed by atoms with van der Waals surface area (Å²) in [6.07, 6.45) is 2.88. The van der Waals surface area contributed by atoms with Gasteiger partial charge in [0.25, 0.3) is 5.95 Å². The zero-order valence-electron chi connectivity index (χ0n) is 10.9. The summed E-state index contributed by atoms with van der Waals surface area (Å²) in [7, 11) is 0. The molecule has 21 heavy (non-hydrogen) atoms. The zero-order chi connectivity index (χ0) is 14.8. The van der Waals surface area contributed by atoms with E-state index in [0.717, 1.165) is 9.21 Å².